The minimum atomic E-state index is -0.812. The van der Waals surface area contributed by atoms with Crippen molar-refractivity contribution in [3.8, 4) is 5.75 Å². The van der Waals surface area contributed by atoms with Gasteiger partial charge in [-0.2, -0.15) is 0 Å². The van der Waals surface area contributed by atoms with Gasteiger partial charge in [0, 0.05) is 9.77 Å². The zero-order valence-electron chi connectivity index (χ0n) is 14.2. The fourth-order valence-electron chi connectivity index (χ4n) is 1.96. The van der Waals surface area contributed by atoms with Crippen LogP contribution in [0.25, 0.3) is 0 Å². The van der Waals surface area contributed by atoms with Crippen LogP contribution in [0.2, 0.25) is 0 Å². The molecule has 1 aromatic carbocycles. The number of carbonyl (C=O) groups is 2. The standard InChI is InChI=1S/C18H21NO4S2/c1-3-22-14-6-8-15(9-7-14)25-12-17(20)23-13(2)18(21)19-11-16-5-4-10-24-16/h4-10,13H,3,11-12H2,1-2H3,(H,19,21)/t13-/m1/s1. The molecule has 0 aliphatic heterocycles. The molecule has 1 amide bonds. The molecule has 0 saturated carbocycles. The van der Waals surface area contributed by atoms with Crippen LogP contribution in [0.4, 0.5) is 0 Å². The lowest BCUT2D eigenvalue weighted by Crippen LogP contribution is -2.35. The van der Waals surface area contributed by atoms with Gasteiger partial charge in [-0.25, -0.2) is 0 Å². The molecule has 0 unspecified atom stereocenters. The molecule has 2 aromatic rings. The van der Waals surface area contributed by atoms with Crippen LogP contribution >= 0.6 is 23.1 Å². The Bertz CT molecular complexity index is 671. The first-order valence-corrected chi connectivity index (χ1v) is 9.80. The first-order chi connectivity index (χ1) is 12.1. The van der Waals surface area contributed by atoms with E-state index in [0.29, 0.717) is 13.2 Å². The van der Waals surface area contributed by atoms with E-state index in [-0.39, 0.29) is 11.7 Å². The maximum atomic E-state index is 11.9. The molecule has 5 nitrogen and oxygen atoms in total. The summed E-state index contributed by atoms with van der Waals surface area (Å²) in [4.78, 5) is 25.8. The molecule has 0 aliphatic carbocycles. The molecule has 1 aromatic heterocycles. The molecule has 0 aliphatic rings. The van der Waals surface area contributed by atoms with Crippen molar-refractivity contribution in [1.82, 2.24) is 5.32 Å². The molecule has 25 heavy (non-hydrogen) atoms. The third kappa shape index (κ3) is 6.80. The number of thioether (sulfide) groups is 1. The molecule has 0 radical (unpaired) electrons. The van der Waals surface area contributed by atoms with Gasteiger partial charge in [0.1, 0.15) is 5.75 Å². The lowest BCUT2D eigenvalue weighted by atomic mass is 10.3. The van der Waals surface area contributed by atoms with Gasteiger partial charge in [-0.05, 0) is 49.6 Å². The van der Waals surface area contributed by atoms with Crippen LogP contribution in [0.15, 0.2) is 46.7 Å². The van der Waals surface area contributed by atoms with Crippen LogP contribution in [0, 0.1) is 0 Å². The molecule has 134 valence electrons. The average Bonchev–Trinajstić information content (AvgIpc) is 3.13. The largest absolute Gasteiger partial charge is 0.494 e. The summed E-state index contributed by atoms with van der Waals surface area (Å²) in [5, 5.41) is 4.70. The summed E-state index contributed by atoms with van der Waals surface area (Å²) in [5.74, 6) is 0.229. The molecule has 0 bridgehead atoms. The van der Waals surface area contributed by atoms with Crippen LogP contribution in [0.5, 0.6) is 5.75 Å². The van der Waals surface area contributed by atoms with E-state index in [0.717, 1.165) is 15.5 Å². The topological polar surface area (TPSA) is 64.6 Å². The van der Waals surface area contributed by atoms with Crippen LogP contribution in [0.3, 0.4) is 0 Å². The third-order valence-electron chi connectivity index (χ3n) is 3.19. The van der Waals surface area contributed by atoms with Gasteiger partial charge < -0.3 is 14.8 Å². The Morgan fingerprint density at radius 2 is 2.00 bits per heavy atom. The number of rotatable bonds is 9. The number of ether oxygens (including phenoxy) is 2. The summed E-state index contributed by atoms with van der Waals surface area (Å²) in [6.45, 7) is 4.56. The first kappa shape index (κ1) is 19.3. The molecule has 0 saturated heterocycles. The lowest BCUT2D eigenvalue weighted by Gasteiger charge is -2.13. The minimum Gasteiger partial charge on any atom is -0.494 e. The summed E-state index contributed by atoms with van der Waals surface area (Å²) in [5.41, 5.74) is 0. The van der Waals surface area contributed by atoms with Crippen molar-refractivity contribution in [2.45, 2.75) is 31.4 Å². The van der Waals surface area contributed by atoms with Crippen LogP contribution in [0.1, 0.15) is 18.7 Å². The molecule has 7 heteroatoms. The van der Waals surface area contributed by atoms with Crippen LogP contribution < -0.4 is 10.1 Å². The van der Waals surface area contributed by atoms with Gasteiger partial charge >= 0.3 is 5.97 Å². The second-order valence-electron chi connectivity index (χ2n) is 5.12. The number of nitrogens with one attached hydrogen (secondary N) is 1. The van der Waals surface area contributed by atoms with Crippen LogP contribution in [-0.4, -0.2) is 30.3 Å². The normalized spacial score (nSPS) is 11.6. The fourth-order valence-corrected chi connectivity index (χ4v) is 3.28. The molecular weight excluding hydrogens is 358 g/mol. The van der Waals surface area contributed by atoms with Crippen molar-refractivity contribution in [3.63, 3.8) is 0 Å². The van der Waals surface area contributed by atoms with E-state index >= 15 is 0 Å². The van der Waals surface area contributed by atoms with Crippen LogP contribution in [-0.2, 0) is 20.9 Å². The number of amides is 1. The summed E-state index contributed by atoms with van der Waals surface area (Å²) in [6, 6.07) is 11.4. The Labute approximate surface area is 155 Å². The van der Waals surface area contributed by atoms with E-state index in [1.165, 1.54) is 11.8 Å². The Kier molecular flexibility index (Phi) is 7.81. The van der Waals surface area contributed by atoms with Gasteiger partial charge in [-0.1, -0.05) is 6.07 Å². The van der Waals surface area contributed by atoms with E-state index in [1.807, 2.05) is 48.7 Å². The zero-order valence-corrected chi connectivity index (χ0v) is 15.8. The Morgan fingerprint density at radius 3 is 2.64 bits per heavy atom. The van der Waals surface area contributed by atoms with Crippen molar-refractivity contribution in [2.24, 2.45) is 0 Å². The molecule has 1 N–H and O–H groups in total. The average molecular weight is 380 g/mol. The minimum absolute atomic E-state index is 0.149. The highest BCUT2D eigenvalue weighted by atomic mass is 32.2. The molecular formula is C18H21NO4S2. The van der Waals surface area contributed by atoms with Crippen molar-refractivity contribution >= 4 is 35.0 Å². The number of carbonyl (C=O) groups excluding carboxylic acids is 2. The SMILES string of the molecule is CCOc1ccc(SCC(=O)O[C@H](C)C(=O)NCc2cccs2)cc1. The predicted octanol–water partition coefficient (Wildman–Crippen LogP) is 3.49. The molecule has 1 atom stereocenters. The van der Waals surface area contributed by atoms with Gasteiger partial charge in [0.05, 0.1) is 18.9 Å². The number of esters is 1. The van der Waals surface area contributed by atoms with Gasteiger partial charge in [-0.3, -0.25) is 9.59 Å². The van der Waals surface area contributed by atoms with E-state index in [9.17, 15) is 9.59 Å². The van der Waals surface area contributed by atoms with Crippen molar-refractivity contribution in [1.29, 1.82) is 0 Å². The van der Waals surface area contributed by atoms with E-state index < -0.39 is 12.1 Å². The van der Waals surface area contributed by atoms with Crippen molar-refractivity contribution < 1.29 is 19.1 Å². The Hall–Kier alpha value is -1.99. The maximum Gasteiger partial charge on any atom is 0.317 e. The molecule has 0 spiro atoms. The van der Waals surface area contributed by atoms with Gasteiger partial charge in [0.25, 0.3) is 5.91 Å². The van der Waals surface area contributed by atoms with E-state index in [1.54, 1.807) is 18.3 Å². The number of benzene rings is 1. The summed E-state index contributed by atoms with van der Waals surface area (Å²) < 4.78 is 10.5. The monoisotopic (exact) mass is 379 g/mol. The molecule has 0 fully saturated rings. The fraction of sp³-hybridized carbons (Fsp3) is 0.333. The summed E-state index contributed by atoms with van der Waals surface area (Å²) >= 11 is 2.93. The summed E-state index contributed by atoms with van der Waals surface area (Å²) in [6.07, 6.45) is -0.812. The molecule has 1 heterocycles. The lowest BCUT2D eigenvalue weighted by molar-refractivity contribution is -0.152. The first-order valence-electron chi connectivity index (χ1n) is 7.93. The smallest absolute Gasteiger partial charge is 0.317 e. The van der Waals surface area contributed by atoms with Gasteiger partial charge in [-0.15, -0.1) is 23.1 Å². The quantitative estimate of drug-likeness (QED) is 0.534. The number of thiophene rings is 1. The van der Waals surface area contributed by atoms with E-state index in [4.69, 9.17) is 9.47 Å². The highest BCUT2D eigenvalue weighted by molar-refractivity contribution is 8.00. The second kappa shape index (κ2) is 10.1. The highest BCUT2D eigenvalue weighted by Crippen LogP contribution is 2.21. The summed E-state index contributed by atoms with van der Waals surface area (Å²) in [7, 11) is 0. The molecule has 2 rings (SSSR count). The van der Waals surface area contributed by atoms with E-state index in [2.05, 4.69) is 5.32 Å². The van der Waals surface area contributed by atoms with Gasteiger partial charge in [0.2, 0.25) is 0 Å². The zero-order chi connectivity index (χ0) is 18.1. The Morgan fingerprint density at radius 1 is 1.24 bits per heavy atom. The number of hydrogen-bond donors (Lipinski definition) is 1. The predicted molar refractivity (Wildman–Crippen MR) is 100 cm³/mol. The van der Waals surface area contributed by atoms with Gasteiger partial charge in [0.15, 0.2) is 6.10 Å². The highest BCUT2D eigenvalue weighted by Gasteiger charge is 2.17. The third-order valence-corrected chi connectivity index (χ3v) is 5.05. The maximum absolute atomic E-state index is 11.9. The number of hydrogen-bond acceptors (Lipinski definition) is 6. The Balaban J connectivity index is 1.70. The van der Waals surface area contributed by atoms with Crippen molar-refractivity contribution in [2.75, 3.05) is 12.4 Å². The van der Waals surface area contributed by atoms with Crippen molar-refractivity contribution in [3.05, 3.63) is 46.7 Å². The second-order valence-corrected chi connectivity index (χ2v) is 7.20.